The molecule has 4 aromatic rings. The molecule has 0 amide bonds. The fourth-order valence-corrected chi connectivity index (χ4v) is 2.73. The second-order valence-electron chi connectivity index (χ2n) is 5.93. The molecule has 0 atom stereocenters. The molecular formula is C19H16FN5O2. The highest BCUT2D eigenvalue weighted by molar-refractivity contribution is 5.64. The lowest BCUT2D eigenvalue weighted by molar-refractivity contribution is 0.405. The maximum atomic E-state index is 13.1. The van der Waals surface area contributed by atoms with Crippen molar-refractivity contribution in [2.45, 2.75) is 13.5 Å². The van der Waals surface area contributed by atoms with Gasteiger partial charge in [0.05, 0.1) is 24.9 Å². The molecule has 0 saturated heterocycles. The molecule has 136 valence electrons. The molecule has 0 spiro atoms. The highest BCUT2D eigenvalue weighted by Gasteiger charge is 2.19. The molecule has 2 aromatic heterocycles. The monoisotopic (exact) mass is 365 g/mol. The van der Waals surface area contributed by atoms with E-state index in [4.69, 9.17) is 9.26 Å². The van der Waals surface area contributed by atoms with Crippen LogP contribution in [0.2, 0.25) is 0 Å². The van der Waals surface area contributed by atoms with E-state index in [0.717, 1.165) is 11.3 Å². The van der Waals surface area contributed by atoms with Gasteiger partial charge in [0.1, 0.15) is 11.6 Å². The Labute approximate surface area is 154 Å². The molecule has 0 radical (unpaired) electrons. The van der Waals surface area contributed by atoms with Gasteiger partial charge in [-0.05, 0) is 36.8 Å². The molecule has 0 aliphatic rings. The number of benzene rings is 2. The first-order valence-electron chi connectivity index (χ1n) is 8.27. The van der Waals surface area contributed by atoms with Gasteiger partial charge in [-0.15, -0.1) is 5.10 Å². The molecule has 2 heterocycles. The highest BCUT2D eigenvalue weighted by Crippen LogP contribution is 2.30. The molecular weight excluding hydrogens is 349 g/mol. The van der Waals surface area contributed by atoms with Gasteiger partial charge >= 0.3 is 0 Å². The highest BCUT2D eigenvalue weighted by atomic mass is 19.1. The van der Waals surface area contributed by atoms with E-state index in [1.165, 1.54) is 12.1 Å². The van der Waals surface area contributed by atoms with E-state index in [1.807, 2.05) is 31.2 Å². The molecule has 0 N–H and O–H groups in total. The minimum Gasteiger partial charge on any atom is -0.496 e. The molecule has 0 fully saturated rings. The second kappa shape index (κ2) is 6.99. The first-order chi connectivity index (χ1) is 13.2. The van der Waals surface area contributed by atoms with E-state index < -0.39 is 0 Å². The zero-order valence-corrected chi connectivity index (χ0v) is 14.8. The lowest BCUT2D eigenvalue weighted by Crippen LogP contribution is -2.04. The first kappa shape index (κ1) is 16.9. The summed E-state index contributed by atoms with van der Waals surface area (Å²) in [6, 6.07) is 13.7. The Kier molecular flexibility index (Phi) is 4.37. The molecule has 0 unspecified atom stereocenters. The third kappa shape index (κ3) is 3.29. The van der Waals surface area contributed by atoms with Crippen LogP contribution in [-0.4, -0.2) is 32.2 Å². The fourth-order valence-electron chi connectivity index (χ4n) is 2.73. The summed E-state index contributed by atoms with van der Waals surface area (Å²) in [4.78, 5) is 4.43. The molecule has 2 aromatic carbocycles. The zero-order chi connectivity index (χ0) is 18.8. The van der Waals surface area contributed by atoms with Crippen LogP contribution in [0.5, 0.6) is 5.75 Å². The van der Waals surface area contributed by atoms with Gasteiger partial charge in [0.2, 0.25) is 5.82 Å². The predicted octanol–water partition coefficient (Wildman–Crippen LogP) is 3.50. The van der Waals surface area contributed by atoms with Crippen LogP contribution >= 0.6 is 0 Å². The largest absolute Gasteiger partial charge is 0.496 e. The summed E-state index contributed by atoms with van der Waals surface area (Å²) in [7, 11) is 1.58. The van der Waals surface area contributed by atoms with Crippen molar-refractivity contribution in [3.63, 3.8) is 0 Å². The Hall–Kier alpha value is -3.55. The third-order valence-electron chi connectivity index (χ3n) is 4.20. The van der Waals surface area contributed by atoms with Gasteiger partial charge in [0, 0.05) is 0 Å². The topological polar surface area (TPSA) is 78.9 Å². The minimum atomic E-state index is -0.273. The molecule has 4 rings (SSSR count). The normalized spacial score (nSPS) is 10.9. The number of aromatic nitrogens is 5. The minimum absolute atomic E-state index is 0.273. The summed E-state index contributed by atoms with van der Waals surface area (Å²) in [5.74, 6) is 1.06. The second-order valence-corrected chi connectivity index (χ2v) is 5.93. The SMILES string of the molecule is COc1ccccc1-c1nc(-c2nnn(Cc3ccc(F)cc3)c2C)no1. The van der Waals surface area contributed by atoms with Gasteiger partial charge < -0.3 is 9.26 Å². The van der Waals surface area contributed by atoms with E-state index in [-0.39, 0.29) is 5.82 Å². The van der Waals surface area contributed by atoms with Crippen LogP contribution in [0.15, 0.2) is 53.1 Å². The number of rotatable bonds is 5. The number of methoxy groups -OCH3 is 1. The van der Waals surface area contributed by atoms with Crippen molar-refractivity contribution < 1.29 is 13.7 Å². The number of nitrogens with zero attached hydrogens (tertiary/aromatic N) is 5. The van der Waals surface area contributed by atoms with Crippen LogP contribution in [0.3, 0.4) is 0 Å². The Balaban J connectivity index is 1.62. The van der Waals surface area contributed by atoms with E-state index in [9.17, 15) is 4.39 Å². The van der Waals surface area contributed by atoms with Crippen molar-refractivity contribution in [3.05, 3.63) is 65.6 Å². The van der Waals surface area contributed by atoms with Gasteiger partial charge in [-0.3, -0.25) is 0 Å². The van der Waals surface area contributed by atoms with E-state index in [0.29, 0.717) is 35.3 Å². The molecule has 7 nitrogen and oxygen atoms in total. The summed E-state index contributed by atoms with van der Waals surface area (Å²) < 4.78 is 25.5. The summed E-state index contributed by atoms with van der Waals surface area (Å²) in [6.07, 6.45) is 0. The smallest absolute Gasteiger partial charge is 0.262 e. The quantitative estimate of drug-likeness (QED) is 0.539. The maximum Gasteiger partial charge on any atom is 0.262 e. The Morgan fingerprint density at radius 1 is 1.11 bits per heavy atom. The van der Waals surface area contributed by atoms with Crippen molar-refractivity contribution >= 4 is 0 Å². The van der Waals surface area contributed by atoms with E-state index in [2.05, 4.69) is 20.5 Å². The number of ether oxygens (including phenoxy) is 1. The predicted molar refractivity (Wildman–Crippen MR) is 95.5 cm³/mol. The molecule has 0 bridgehead atoms. The van der Waals surface area contributed by atoms with E-state index >= 15 is 0 Å². The van der Waals surface area contributed by atoms with Crippen molar-refractivity contribution in [1.29, 1.82) is 0 Å². The lowest BCUT2D eigenvalue weighted by atomic mass is 10.2. The molecule has 8 heteroatoms. The van der Waals surface area contributed by atoms with Gasteiger partial charge in [-0.25, -0.2) is 9.07 Å². The molecule has 0 aliphatic carbocycles. The average molecular weight is 365 g/mol. The first-order valence-corrected chi connectivity index (χ1v) is 8.27. The standard InChI is InChI=1S/C19H16FN5O2/c1-12-17(22-24-25(12)11-13-7-9-14(20)10-8-13)18-21-19(27-23-18)15-5-3-4-6-16(15)26-2/h3-10H,11H2,1-2H3. The van der Waals surface area contributed by atoms with Crippen LogP contribution in [0.4, 0.5) is 4.39 Å². The van der Waals surface area contributed by atoms with Crippen molar-refractivity contribution in [2.24, 2.45) is 0 Å². The molecule has 27 heavy (non-hydrogen) atoms. The summed E-state index contributed by atoms with van der Waals surface area (Å²) in [5, 5.41) is 12.3. The summed E-state index contributed by atoms with van der Waals surface area (Å²) in [5.41, 5.74) is 2.93. The molecule has 0 saturated carbocycles. The Morgan fingerprint density at radius 2 is 1.89 bits per heavy atom. The number of hydrogen-bond donors (Lipinski definition) is 0. The number of halogens is 1. The van der Waals surface area contributed by atoms with Crippen LogP contribution in [0, 0.1) is 12.7 Å². The Morgan fingerprint density at radius 3 is 2.67 bits per heavy atom. The fraction of sp³-hybridized carbons (Fsp3) is 0.158. The van der Waals surface area contributed by atoms with Crippen molar-refractivity contribution in [1.82, 2.24) is 25.1 Å². The average Bonchev–Trinajstić information content (AvgIpc) is 3.31. The maximum absolute atomic E-state index is 13.1. The van der Waals surface area contributed by atoms with Crippen molar-refractivity contribution in [3.8, 4) is 28.7 Å². The Bertz CT molecular complexity index is 1070. The van der Waals surface area contributed by atoms with Crippen LogP contribution in [0.25, 0.3) is 23.0 Å². The van der Waals surface area contributed by atoms with Gasteiger partial charge in [-0.1, -0.05) is 34.6 Å². The van der Waals surface area contributed by atoms with E-state index in [1.54, 1.807) is 23.9 Å². The number of para-hydroxylation sites is 1. The lowest BCUT2D eigenvalue weighted by Gasteiger charge is -2.03. The van der Waals surface area contributed by atoms with Crippen molar-refractivity contribution in [2.75, 3.05) is 7.11 Å². The van der Waals surface area contributed by atoms with Crippen LogP contribution in [-0.2, 0) is 6.54 Å². The van der Waals surface area contributed by atoms with Gasteiger partial charge in [-0.2, -0.15) is 4.98 Å². The summed E-state index contributed by atoms with van der Waals surface area (Å²) in [6.45, 7) is 2.34. The molecule has 0 aliphatic heterocycles. The zero-order valence-electron chi connectivity index (χ0n) is 14.8. The number of hydrogen-bond acceptors (Lipinski definition) is 6. The van der Waals surface area contributed by atoms with Gasteiger partial charge in [0.25, 0.3) is 5.89 Å². The van der Waals surface area contributed by atoms with Crippen LogP contribution < -0.4 is 4.74 Å². The summed E-state index contributed by atoms with van der Waals surface area (Å²) >= 11 is 0. The third-order valence-corrected chi connectivity index (χ3v) is 4.20. The van der Waals surface area contributed by atoms with Crippen LogP contribution in [0.1, 0.15) is 11.3 Å². The van der Waals surface area contributed by atoms with Gasteiger partial charge in [0.15, 0.2) is 5.69 Å².